The van der Waals surface area contributed by atoms with Gasteiger partial charge in [0.05, 0.1) is 0 Å². The number of carbonyl (C=O) groups is 1. The first-order valence-corrected chi connectivity index (χ1v) is 9.98. The summed E-state index contributed by atoms with van der Waals surface area (Å²) in [6.07, 6.45) is 7.41. The van der Waals surface area contributed by atoms with E-state index in [1.807, 2.05) is 13.0 Å². The van der Waals surface area contributed by atoms with Crippen molar-refractivity contribution in [3.8, 4) is 0 Å². The van der Waals surface area contributed by atoms with Crippen LogP contribution in [0.5, 0.6) is 0 Å². The van der Waals surface area contributed by atoms with E-state index in [0.717, 1.165) is 36.2 Å². The maximum atomic E-state index is 12.3. The minimum atomic E-state index is 0.166. The molecule has 1 nitrogen and oxygen atoms in total. The molecule has 0 amide bonds. The molecule has 0 fully saturated rings. The van der Waals surface area contributed by atoms with E-state index in [1.54, 1.807) is 11.8 Å². The highest BCUT2D eigenvalue weighted by Crippen LogP contribution is 2.24. The summed E-state index contributed by atoms with van der Waals surface area (Å²) >= 11 is 7.51. The van der Waals surface area contributed by atoms with Crippen molar-refractivity contribution in [2.75, 3.05) is 12.0 Å². The lowest BCUT2D eigenvalue weighted by Gasteiger charge is -2.12. The van der Waals surface area contributed by atoms with Crippen molar-refractivity contribution in [2.45, 2.75) is 43.3 Å². The smallest absolute Gasteiger partial charge is 0.215 e. The molecule has 0 spiro atoms. The quantitative estimate of drug-likeness (QED) is 0.379. The molecular weight excluding hydrogens is 316 g/mol. The van der Waals surface area contributed by atoms with Crippen molar-refractivity contribution in [1.29, 1.82) is 0 Å². The summed E-state index contributed by atoms with van der Waals surface area (Å²) in [7, 11) is 0. The van der Waals surface area contributed by atoms with Gasteiger partial charge >= 0.3 is 0 Å². The van der Waals surface area contributed by atoms with Gasteiger partial charge in [0.15, 0.2) is 0 Å². The lowest BCUT2D eigenvalue weighted by molar-refractivity contribution is -0.107. The third kappa shape index (κ3) is 6.98. The topological polar surface area (TPSA) is 17.1 Å². The highest BCUT2D eigenvalue weighted by Gasteiger charge is 2.14. The Balaban J connectivity index is 2.64. The number of benzene rings is 1. The lowest BCUT2D eigenvalue weighted by Crippen LogP contribution is -2.09. The predicted octanol–water partition coefficient (Wildman–Crippen LogP) is 5.56. The average molecular weight is 341 g/mol. The average Bonchev–Trinajstić information content (AvgIpc) is 2.51. The van der Waals surface area contributed by atoms with Gasteiger partial charge in [0.2, 0.25) is 5.12 Å². The molecular formula is C17H24OS3. The minimum Gasteiger partial charge on any atom is -0.282 e. The van der Waals surface area contributed by atoms with Crippen LogP contribution < -0.4 is 0 Å². The first-order valence-electron chi connectivity index (χ1n) is 7.24. The molecule has 21 heavy (non-hydrogen) atoms. The fourth-order valence-corrected chi connectivity index (χ4v) is 3.59. The molecule has 1 rings (SSSR count). The van der Waals surface area contributed by atoms with Crippen LogP contribution in [0.15, 0.2) is 34.7 Å². The van der Waals surface area contributed by atoms with Crippen molar-refractivity contribution in [2.24, 2.45) is 0 Å². The van der Waals surface area contributed by atoms with Crippen molar-refractivity contribution in [1.82, 2.24) is 0 Å². The summed E-state index contributed by atoms with van der Waals surface area (Å²) in [4.78, 5) is 13.5. The Kier molecular flexibility index (Phi) is 9.29. The van der Waals surface area contributed by atoms with Crippen LogP contribution in [-0.4, -0.2) is 22.4 Å². The zero-order valence-electron chi connectivity index (χ0n) is 13.0. The van der Waals surface area contributed by atoms with Crippen LogP contribution in [0.3, 0.4) is 0 Å². The molecule has 0 aliphatic carbocycles. The second-order valence-electron chi connectivity index (χ2n) is 4.95. The predicted molar refractivity (Wildman–Crippen MR) is 102 cm³/mol. The first kappa shape index (κ1) is 18.7. The molecule has 1 aromatic carbocycles. The second-order valence-corrected chi connectivity index (χ2v) is 7.47. The van der Waals surface area contributed by atoms with Crippen molar-refractivity contribution in [3.05, 3.63) is 35.4 Å². The van der Waals surface area contributed by atoms with Gasteiger partial charge in [-0.2, -0.15) is 12.6 Å². The molecule has 0 radical (unpaired) electrons. The fourth-order valence-electron chi connectivity index (χ4n) is 1.87. The van der Waals surface area contributed by atoms with Gasteiger partial charge in [0, 0.05) is 21.5 Å². The zero-order chi connectivity index (χ0) is 15.7. The first-order chi connectivity index (χ1) is 10.1. The summed E-state index contributed by atoms with van der Waals surface area (Å²) in [5, 5.41) is 0.488. The third-order valence-electron chi connectivity index (χ3n) is 3.18. The number of unbranched alkanes of at least 4 members (excludes halogenated alkanes) is 1. The molecule has 4 heteroatoms. The van der Waals surface area contributed by atoms with E-state index in [4.69, 9.17) is 0 Å². The maximum Gasteiger partial charge on any atom is 0.215 e. The van der Waals surface area contributed by atoms with E-state index in [0.29, 0.717) is 5.25 Å². The van der Waals surface area contributed by atoms with Crippen LogP contribution in [0.2, 0.25) is 0 Å². The van der Waals surface area contributed by atoms with Crippen LogP contribution in [0, 0.1) is 0 Å². The maximum absolute atomic E-state index is 12.3. The number of hydrogen-bond donors (Lipinski definition) is 1. The van der Waals surface area contributed by atoms with Crippen molar-refractivity contribution in [3.63, 3.8) is 0 Å². The SMILES string of the molecule is CCCCC(CS)SC(=O)/C(C)=C/c1ccc(SC)cc1. The number of hydrogen-bond acceptors (Lipinski definition) is 4. The van der Waals surface area contributed by atoms with Gasteiger partial charge in [0.1, 0.15) is 0 Å². The van der Waals surface area contributed by atoms with E-state index in [-0.39, 0.29) is 5.12 Å². The van der Waals surface area contributed by atoms with Crippen molar-refractivity contribution < 1.29 is 4.79 Å². The number of rotatable bonds is 8. The Morgan fingerprint density at radius 2 is 2.00 bits per heavy atom. The van der Waals surface area contributed by atoms with E-state index in [9.17, 15) is 4.79 Å². The molecule has 1 atom stereocenters. The molecule has 0 heterocycles. The van der Waals surface area contributed by atoms with Gasteiger partial charge in [-0.15, -0.1) is 11.8 Å². The monoisotopic (exact) mass is 340 g/mol. The Hall–Kier alpha value is -0.320. The van der Waals surface area contributed by atoms with E-state index in [2.05, 4.69) is 50.1 Å². The van der Waals surface area contributed by atoms with Crippen LogP contribution in [0.1, 0.15) is 38.7 Å². The van der Waals surface area contributed by atoms with Crippen LogP contribution in [0.4, 0.5) is 0 Å². The van der Waals surface area contributed by atoms with Gasteiger partial charge in [-0.25, -0.2) is 0 Å². The minimum absolute atomic E-state index is 0.166. The molecule has 116 valence electrons. The van der Waals surface area contributed by atoms with E-state index < -0.39 is 0 Å². The number of carbonyl (C=O) groups excluding carboxylic acids is 1. The molecule has 1 unspecified atom stereocenters. The van der Waals surface area contributed by atoms with Gasteiger partial charge in [-0.1, -0.05) is 43.7 Å². The largest absolute Gasteiger partial charge is 0.282 e. The molecule has 0 bridgehead atoms. The molecule has 0 aliphatic heterocycles. The zero-order valence-corrected chi connectivity index (χ0v) is 15.5. The molecule has 0 saturated heterocycles. The second kappa shape index (κ2) is 10.4. The summed E-state index contributed by atoms with van der Waals surface area (Å²) in [5.74, 6) is 0.756. The molecule has 0 aliphatic rings. The van der Waals surface area contributed by atoms with Crippen LogP contribution in [0.25, 0.3) is 6.08 Å². The Bertz CT molecular complexity index is 465. The van der Waals surface area contributed by atoms with Crippen LogP contribution >= 0.6 is 36.2 Å². The third-order valence-corrected chi connectivity index (χ3v) is 5.88. The summed E-state index contributed by atoms with van der Waals surface area (Å²) in [5.41, 5.74) is 1.88. The van der Waals surface area contributed by atoms with E-state index >= 15 is 0 Å². The molecule has 0 aromatic heterocycles. The molecule has 0 saturated carbocycles. The van der Waals surface area contributed by atoms with Crippen LogP contribution in [-0.2, 0) is 4.79 Å². The molecule has 1 aromatic rings. The summed E-state index contributed by atoms with van der Waals surface area (Å²) in [6.45, 7) is 4.07. The van der Waals surface area contributed by atoms with Gasteiger partial charge in [-0.05, 0) is 43.4 Å². The Labute approximate surface area is 142 Å². The standard InChI is InChI=1S/C17H24OS3/c1-4-5-6-16(12-19)21-17(18)13(2)11-14-7-9-15(20-3)10-8-14/h7-11,16,19H,4-6,12H2,1-3H3/b13-11+. The molecule has 0 N–H and O–H groups in total. The highest BCUT2D eigenvalue weighted by atomic mass is 32.2. The number of thioether (sulfide) groups is 2. The van der Waals surface area contributed by atoms with Crippen molar-refractivity contribution >= 4 is 47.3 Å². The van der Waals surface area contributed by atoms with Gasteiger partial charge in [0.25, 0.3) is 0 Å². The highest BCUT2D eigenvalue weighted by molar-refractivity contribution is 8.15. The number of thiol groups is 1. The fraction of sp³-hybridized carbons (Fsp3) is 0.471. The summed E-state index contributed by atoms with van der Waals surface area (Å²) in [6, 6.07) is 8.28. The Morgan fingerprint density at radius 3 is 2.52 bits per heavy atom. The normalized spacial score (nSPS) is 13.2. The lowest BCUT2D eigenvalue weighted by atomic mass is 10.1. The summed E-state index contributed by atoms with van der Waals surface area (Å²) < 4.78 is 0. The Morgan fingerprint density at radius 1 is 1.33 bits per heavy atom. The van der Waals surface area contributed by atoms with Gasteiger partial charge in [-0.3, -0.25) is 4.79 Å². The van der Waals surface area contributed by atoms with E-state index in [1.165, 1.54) is 16.7 Å². The van der Waals surface area contributed by atoms with Gasteiger partial charge < -0.3 is 0 Å².